The quantitative estimate of drug-likeness (QED) is 0.571. The topological polar surface area (TPSA) is 84.7 Å². The average molecular weight is 343 g/mol. The smallest absolute Gasteiger partial charge is 0.198 e. The minimum absolute atomic E-state index is 0.0180. The van der Waals surface area contributed by atoms with Gasteiger partial charge in [-0.3, -0.25) is 9.48 Å². The van der Waals surface area contributed by atoms with E-state index in [-0.39, 0.29) is 27.4 Å². The van der Waals surface area contributed by atoms with Crippen LogP contribution >= 0.6 is 11.6 Å². The van der Waals surface area contributed by atoms with Crippen molar-refractivity contribution in [2.75, 3.05) is 5.73 Å². The molecular formula is C17H12ClFN4O. The molecule has 1 heterocycles. The number of hydrogen-bond donors (Lipinski definition) is 1. The molecule has 0 bridgehead atoms. The van der Waals surface area contributed by atoms with Gasteiger partial charge in [0, 0.05) is 29.4 Å². The summed E-state index contributed by atoms with van der Waals surface area (Å²) in [5, 5.41) is 14.6. The molecule has 0 aliphatic heterocycles. The molecule has 7 heteroatoms. The van der Waals surface area contributed by atoms with Crippen LogP contribution in [-0.2, 0) is 7.05 Å². The van der Waals surface area contributed by atoms with Crippen molar-refractivity contribution in [3.63, 3.8) is 0 Å². The molecule has 0 amide bonds. The number of anilines is 1. The Kier molecular flexibility index (Phi) is 3.74. The monoisotopic (exact) mass is 342 g/mol. The van der Waals surface area contributed by atoms with Gasteiger partial charge in [-0.05, 0) is 31.2 Å². The van der Waals surface area contributed by atoms with Gasteiger partial charge >= 0.3 is 0 Å². The zero-order valence-electron chi connectivity index (χ0n) is 12.9. The highest BCUT2D eigenvalue weighted by molar-refractivity contribution is 6.35. The van der Waals surface area contributed by atoms with Crippen LogP contribution in [0.1, 0.15) is 27.2 Å². The molecule has 1 aromatic heterocycles. The molecule has 0 unspecified atom stereocenters. The molecule has 0 saturated heterocycles. The number of carbonyl (C=O) groups excluding carboxylic acids is 1. The Morgan fingerprint density at radius 2 is 2.12 bits per heavy atom. The zero-order chi connectivity index (χ0) is 17.6. The van der Waals surface area contributed by atoms with Gasteiger partial charge in [-0.25, -0.2) is 4.39 Å². The summed E-state index contributed by atoms with van der Waals surface area (Å²) < 4.78 is 15.1. The number of ketones is 1. The van der Waals surface area contributed by atoms with E-state index >= 15 is 0 Å². The van der Waals surface area contributed by atoms with Crippen LogP contribution in [0.4, 0.5) is 10.1 Å². The van der Waals surface area contributed by atoms with E-state index in [2.05, 4.69) is 5.10 Å². The lowest BCUT2D eigenvalue weighted by atomic mass is 9.94. The van der Waals surface area contributed by atoms with Crippen LogP contribution < -0.4 is 5.73 Å². The first kappa shape index (κ1) is 16.0. The molecule has 5 nitrogen and oxygen atoms in total. The van der Waals surface area contributed by atoms with Crippen molar-refractivity contribution in [1.82, 2.24) is 9.78 Å². The van der Waals surface area contributed by atoms with Crippen molar-refractivity contribution < 1.29 is 9.18 Å². The number of aryl methyl sites for hydroxylation is 2. The van der Waals surface area contributed by atoms with Gasteiger partial charge in [-0.2, -0.15) is 10.4 Å². The number of rotatable bonds is 2. The highest BCUT2D eigenvalue weighted by atomic mass is 35.5. The summed E-state index contributed by atoms with van der Waals surface area (Å²) >= 11 is 6.01. The number of nitrogens with zero attached hydrogens (tertiary/aromatic N) is 3. The predicted molar refractivity (Wildman–Crippen MR) is 89.4 cm³/mol. The Bertz CT molecular complexity index is 1050. The molecule has 0 aliphatic carbocycles. The van der Waals surface area contributed by atoms with Gasteiger partial charge in [-0.15, -0.1) is 0 Å². The van der Waals surface area contributed by atoms with Gasteiger partial charge in [0.1, 0.15) is 17.4 Å². The number of aromatic nitrogens is 2. The summed E-state index contributed by atoms with van der Waals surface area (Å²) in [5.41, 5.74) is 7.33. The Balaban J connectivity index is 2.34. The van der Waals surface area contributed by atoms with Crippen molar-refractivity contribution in [1.29, 1.82) is 5.26 Å². The van der Waals surface area contributed by atoms with E-state index in [0.29, 0.717) is 10.9 Å². The Hall–Kier alpha value is -2.91. The number of nitrogens with two attached hydrogens (primary N) is 1. The van der Waals surface area contributed by atoms with Crippen molar-refractivity contribution in [2.45, 2.75) is 6.92 Å². The fourth-order valence-electron chi connectivity index (χ4n) is 2.63. The minimum atomic E-state index is -0.612. The number of benzene rings is 2. The Morgan fingerprint density at radius 1 is 1.42 bits per heavy atom. The van der Waals surface area contributed by atoms with Crippen LogP contribution in [0.25, 0.3) is 10.9 Å². The SMILES string of the molecule is Cc1c2cc(N)c(C(=O)c3cc(F)ccc3Cl)c(C#N)c2nn1C. The fourth-order valence-corrected chi connectivity index (χ4v) is 2.84. The molecule has 0 aliphatic rings. The Morgan fingerprint density at radius 3 is 2.79 bits per heavy atom. The summed E-state index contributed by atoms with van der Waals surface area (Å²) in [6.07, 6.45) is 0. The molecule has 0 saturated carbocycles. The van der Waals surface area contributed by atoms with Gasteiger partial charge in [0.15, 0.2) is 5.78 Å². The summed E-state index contributed by atoms with van der Waals surface area (Å²) in [6.45, 7) is 1.83. The average Bonchev–Trinajstić information content (AvgIpc) is 2.83. The first-order chi connectivity index (χ1) is 11.3. The van der Waals surface area contributed by atoms with Crippen molar-refractivity contribution in [3.05, 3.63) is 57.5 Å². The predicted octanol–water partition coefficient (Wildman–Crippen LogP) is 3.36. The highest BCUT2D eigenvalue weighted by Crippen LogP contribution is 2.32. The third-order valence-electron chi connectivity index (χ3n) is 3.97. The molecular weight excluding hydrogens is 331 g/mol. The molecule has 0 spiro atoms. The molecule has 2 N–H and O–H groups in total. The normalized spacial score (nSPS) is 10.8. The van der Waals surface area contributed by atoms with E-state index in [1.165, 1.54) is 6.07 Å². The van der Waals surface area contributed by atoms with Gasteiger partial charge in [0.2, 0.25) is 0 Å². The second-order valence-electron chi connectivity index (χ2n) is 5.39. The number of fused-ring (bicyclic) bond motifs is 1. The second kappa shape index (κ2) is 5.62. The zero-order valence-corrected chi connectivity index (χ0v) is 13.6. The molecule has 0 fully saturated rings. The highest BCUT2D eigenvalue weighted by Gasteiger charge is 2.24. The number of nitriles is 1. The van der Waals surface area contributed by atoms with E-state index in [9.17, 15) is 14.4 Å². The van der Waals surface area contributed by atoms with Crippen LogP contribution in [0.5, 0.6) is 0 Å². The van der Waals surface area contributed by atoms with E-state index in [0.717, 1.165) is 17.8 Å². The van der Waals surface area contributed by atoms with Crippen molar-refractivity contribution in [3.8, 4) is 6.07 Å². The summed E-state index contributed by atoms with van der Waals surface area (Å²) in [7, 11) is 1.73. The lowest BCUT2D eigenvalue weighted by Crippen LogP contribution is -2.10. The van der Waals surface area contributed by atoms with Crippen LogP contribution in [0.15, 0.2) is 24.3 Å². The first-order valence-electron chi connectivity index (χ1n) is 7.00. The summed E-state index contributed by atoms with van der Waals surface area (Å²) in [4.78, 5) is 12.8. The van der Waals surface area contributed by atoms with Crippen LogP contribution in [-0.4, -0.2) is 15.6 Å². The van der Waals surface area contributed by atoms with Crippen LogP contribution in [0.2, 0.25) is 5.02 Å². The molecule has 3 aromatic rings. The van der Waals surface area contributed by atoms with E-state index < -0.39 is 11.6 Å². The maximum absolute atomic E-state index is 13.5. The Labute approximate surface area is 142 Å². The van der Waals surface area contributed by atoms with Crippen LogP contribution in [0.3, 0.4) is 0 Å². The third kappa shape index (κ3) is 2.30. The fraction of sp³-hybridized carbons (Fsp3) is 0.118. The summed E-state index contributed by atoms with van der Waals surface area (Å²) in [6, 6.07) is 7.05. The third-order valence-corrected chi connectivity index (χ3v) is 4.30. The summed E-state index contributed by atoms with van der Waals surface area (Å²) in [5.74, 6) is -1.21. The van der Waals surface area contributed by atoms with Crippen LogP contribution in [0, 0.1) is 24.1 Å². The van der Waals surface area contributed by atoms with Crippen molar-refractivity contribution >= 4 is 34.0 Å². The number of nitrogen functional groups attached to an aromatic ring is 1. The number of hydrogen-bond acceptors (Lipinski definition) is 4. The van der Waals surface area contributed by atoms with E-state index in [4.69, 9.17) is 17.3 Å². The molecule has 24 heavy (non-hydrogen) atoms. The molecule has 0 atom stereocenters. The van der Waals surface area contributed by atoms with E-state index in [1.807, 2.05) is 13.0 Å². The van der Waals surface area contributed by atoms with E-state index in [1.54, 1.807) is 17.8 Å². The molecule has 2 aromatic carbocycles. The minimum Gasteiger partial charge on any atom is -0.398 e. The number of halogens is 2. The first-order valence-corrected chi connectivity index (χ1v) is 7.38. The van der Waals surface area contributed by atoms with Gasteiger partial charge < -0.3 is 5.73 Å². The van der Waals surface area contributed by atoms with Gasteiger partial charge in [0.25, 0.3) is 0 Å². The standard InChI is InChI=1S/C17H12ClFN4O/c1-8-10-6-14(21)15(12(7-20)16(10)22-23(8)2)17(24)11-5-9(19)3-4-13(11)18/h3-6H,21H2,1-2H3. The molecule has 120 valence electrons. The van der Waals surface area contributed by atoms with Gasteiger partial charge in [0.05, 0.1) is 16.1 Å². The van der Waals surface area contributed by atoms with Crippen molar-refractivity contribution in [2.24, 2.45) is 7.05 Å². The van der Waals surface area contributed by atoms with Gasteiger partial charge in [-0.1, -0.05) is 11.6 Å². The lowest BCUT2D eigenvalue weighted by Gasteiger charge is -2.09. The number of carbonyl (C=O) groups is 1. The largest absolute Gasteiger partial charge is 0.398 e. The maximum Gasteiger partial charge on any atom is 0.198 e. The lowest BCUT2D eigenvalue weighted by molar-refractivity contribution is 0.103. The second-order valence-corrected chi connectivity index (χ2v) is 5.79. The maximum atomic E-state index is 13.5. The molecule has 3 rings (SSSR count). The molecule has 0 radical (unpaired) electrons.